The summed E-state index contributed by atoms with van der Waals surface area (Å²) in [7, 11) is 1.28. The first kappa shape index (κ1) is 20.7. The highest BCUT2D eigenvalue weighted by atomic mass is 32.1. The number of ether oxygens (including phenoxy) is 2. The van der Waals surface area contributed by atoms with Crippen molar-refractivity contribution in [1.82, 2.24) is 10.2 Å². The number of hydrogen-bond donors (Lipinski definition) is 1. The first-order valence-electron chi connectivity index (χ1n) is 9.14. The van der Waals surface area contributed by atoms with E-state index in [4.69, 9.17) is 9.47 Å². The highest BCUT2D eigenvalue weighted by molar-refractivity contribution is 7.16. The minimum Gasteiger partial charge on any atom is -0.465 e. The summed E-state index contributed by atoms with van der Waals surface area (Å²) >= 11 is 1.26. The smallest absolute Gasteiger partial charge is 0.359 e. The van der Waals surface area contributed by atoms with Crippen LogP contribution in [0.4, 0.5) is 10.8 Å². The second kappa shape index (κ2) is 8.99. The molecule has 0 saturated carbocycles. The molecule has 9 nitrogen and oxygen atoms in total. The van der Waals surface area contributed by atoms with E-state index in [-0.39, 0.29) is 5.69 Å². The van der Waals surface area contributed by atoms with Crippen LogP contribution in [-0.2, 0) is 14.3 Å². The van der Waals surface area contributed by atoms with Crippen LogP contribution in [0.5, 0.6) is 0 Å². The Morgan fingerprint density at radius 1 is 1.14 bits per heavy atom. The number of thiophene rings is 1. The maximum atomic E-state index is 12.2. The number of anilines is 2. The van der Waals surface area contributed by atoms with Crippen molar-refractivity contribution in [3.63, 3.8) is 0 Å². The van der Waals surface area contributed by atoms with E-state index in [2.05, 4.69) is 20.4 Å². The van der Waals surface area contributed by atoms with Gasteiger partial charge in [0.1, 0.15) is 5.00 Å². The summed E-state index contributed by atoms with van der Waals surface area (Å²) in [5.41, 5.74) is 1.07. The standard InChI is InChI=1S/C19H22N4O5S/c1-11-12(2)29-17(16(11)19(26)27-3)20-15(24)10-28-18(25)13-6-7-14(22-21-13)23-8-4-5-9-23/h6-7H,4-5,8-10H2,1-3H3,(H,20,24). The van der Waals surface area contributed by atoms with Crippen molar-refractivity contribution in [3.8, 4) is 0 Å². The number of nitrogens with one attached hydrogen (secondary N) is 1. The lowest BCUT2D eigenvalue weighted by Gasteiger charge is -2.15. The van der Waals surface area contributed by atoms with Crippen molar-refractivity contribution in [2.45, 2.75) is 26.7 Å². The molecule has 1 aliphatic heterocycles. The van der Waals surface area contributed by atoms with Crippen molar-refractivity contribution in [1.29, 1.82) is 0 Å². The van der Waals surface area contributed by atoms with Gasteiger partial charge in [0.25, 0.3) is 5.91 Å². The molecule has 0 unspecified atom stereocenters. The molecule has 1 saturated heterocycles. The summed E-state index contributed by atoms with van der Waals surface area (Å²) in [6.07, 6.45) is 2.23. The Morgan fingerprint density at radius 3 is 2.48 bits per heavy atom. The topological polar surface area (TPSA) is 111 Å². The van der Waals surface area contributed by atoms with E-state index in [0.29, 0.717) is 10.6 Å². The fourth-order valence-electron chi connectivity index (χ4n) is 2.98. The van der Waals surface area contributed by atoms with Crippen LogP contribution in [0, 0.1) is 13.8 Å². The Kier molecular flexibility index (Phi) is 6.42. The van der Waals surface area contributed by atoms with Gasteiger partial charge < -0.3 is 19.7 Å². The lowest BCUT2D eigenvalue weighted by molar-refractivity contribution is -0.119. The third kappa shape index (κ3) is 4.70. The molecule has 0 aliphatic carbocycles. The molecule has 1 N–H and O–H groups in total. The predicted octanol–water partition coefficient (Wildman–Crippen LogP) is 2.34. The molecule has 10 heteroatoms. The van der Waals surface area contributed by atoms with Gasteiger partial charge in [-0.3, -0.25) is 4.79 Å². The van der Waals surface area contributed by atoms with E-state index in [1.165, 1.54) is 24.5 Å². The summed E-state index contributed by atoms with van der Waals surface area (Å²) in [6, 6.07) is 3.25. The molecular weight excluding hydrogens is 396 g/mol. The number of aromatic nitrogens is 2. The monoisotopic (exact) mass is 418 g/mol. The number of rotatable bonds is 6. The molecule has 3 rings (SSSR count). The fourth-order valence-corrected chi connectivity index (χ4v) is 4.04. The molecule has 1 fully saturated rings. The van der Waals surface area contributed by atoms with Crippen LogP contribution < -0.4 is 10.2 Å². The number of hydrogen-bond acceptors (Lipinski definition) is 9. The highest BCUT2D eigenvalue weighted by Crippen LogP contribution is 2.32. The zero-order valence-electron chi connectivity index (χ0n) is 16.5. The average Bonchev–Trinajstić information content (AvgIpc) is 3.35. The first-order chi connectivity index (χ1) is 13.9. The molecular formula is C19H22N4O5S. The highest BCUT2D eigenvalue weighted by Gasteiger charge is 2.22. The number of nitrogens with zero attached hydrogens (tertiary/aromatic N) is 3. The van der Waals surface area contributed by atoms with Crippen LogP contribution >= 0.6 is 11.3 Å². The Morgan fingerprint density at radius 2 is 1.86 bits per heavy atom. The third-order valence-corrected chi connectivity index (χ3v) is 5.77. The van der Waals surface area contributed by atoms with Crippen LogP contribution in [0.15, 0.2) is 12.1 Å². The maximum absolute atomic E-state index is 12.2. The lowest BCUT2D eigenvalue weighted by Crippen LogP contribution is -2.23. The molecule has 1 amide bonds. The predicted molar refractivity (Wildman–Crippen MR) is 108 cm³/mol. The normalized spacial score (nSPS) is 13.3. The van der Waals surface area contributed by atoms with Crippen LogP contribution in [0.1, 0.15) is 44.1 Å². The van der Waals surface area contributed by atoms with Gasteiger partial charge in [-0.2, -0.15) is 0 Å². The largest absolute Gasteiger partial charge is 0.465 e. The summed E-state index contributed by atoms with van der Waals surface area (Å²) in [6.45, 7) is 4.96. The van der Waals surface area contributed by atoms with Gasteiger partial charge in [0.15, 0.2) is 18.1 Å². The number of carbonyl (C=O) groups excluding carboxylic acids is 3. The summed E-state index contributed by atoms with van der Waals surface area (Å²) in [5, 5.41) is 10.9. The average molecular weight is 418 g/mol. The zero-order valence-corrected chi connectivity index (χ0v) is 17.3. The molecule has 0 bridgehead atoms. The quantitative estimate of drug-likeness (QED) is 0.712. The van der Waals surface area contributed by atoms with Crippen LogP contribution in [0.3, 0.4) is 0 Å². The van der Waals surface area contributed by atoms with Gasteiger partial charge in [-0.05, 0) is 44.4 Å². The van der Waals surface area contributed by atoms with Gasteiger partial charge in [0.05, 0.1) is 12.7 Å². The van der Waals surface area contributed by atoms with E-state index < -0.39 is 24.5 Å². The minimum atomic E-state index is -0.743. The SMILES string of the molecule is COC(=O)c1c(NC(=O)COC(=O)c2ccc(N3CCCC3)nn2)sc(C)c1C. The van der Waals surface area contributed by atoms with E-state index in [1.54, 1.807) is 13.0 Å². The number of methoxy groups -OCH3 is 1. The number of carbonyl (C=O) groups is 3. The van der Waals surface area contributed by atoms with E-state index in [0.717, 1.165) is 42.2 Å². The summed E-state index contributed by atoms with van der Waals surface area (Å²) in [4.78, 5) is 39.2. The molecule has 29 heavy (non-hydrogen) atoms. The second-order valence-electron chi connectivity index (χ2n) is 6.57. The Hall–Kier alpha value is -3.01. The van der Waals surface area contributed by atoms with Gasteiger partial charge in [-0.1, -0.05) is 0 Å². The minimum absolute atomic E-state index is 0.0267. The molecule has 0 atom stereocenters. The summed E-state index contributed by atoms with van der Waals surface area (Å²) < 4.78 is 9.78. The zero-order chi connectivity index (χ0) is 21.0. The van der Waals surface area contributed by atoms with E-state index in [9.17, 15) is 14.4 Å². The van der Waals surface area contributed by atoms with E-state index in [1.807, 2.05) is 6.92 Å². The molecule has 154 valence electrons. The van der Waals surface area contributed by atoms with Crippen molar-refractivity contribution in [2.75, 3.05) is 37.0 Å². The lowest BCUT2D eigenvalue weighted by atomic mass is 10.1. The first-order valence-corrected chi connectivity index (χ1v) is 9.96. The van der Waals surface area contributed by atoms with Gasteiger partial charge in [-0.25, -0.2) is 9.59 Å². The fraction of sp³-hybridized carbons (Fsp3) is 0.421. The van der Waals surface area contributed by atoms with Gasteiger partial charge in [-0.15, -0.1) is 21.5 Å². The maximum Gasteiger partial charge on any atom is 0.359 e. The Labute approximate surface area is 172 Å². The van der Waals surface area contributed by atoms with E-state index >= 15 is 0 Å². The Bertz CT molecular complexity index is 919. The molecule has 0 spiro atoms. The summed E-state index contributed by atoms with van der Waals surface area (Å²) in [5.74, 6) is -1.12. The molecule has 0 aromatic carbocycles. The van der Waals surface area contributed by atoms with Gasteiger partial charge in [0.2, 0.25) is 0 Å². The molecule has 2 aromatic rings. The van der Waals surface area contributed by atoms with Gasteiger partial charge in [0, 0.05) is 18.0 Å². The van der Waals surface area contributed by atoms with Crippen molar-refractivity contribution in [2.24, 2.45) is 0 Å². The Balaban J connectivity index is 1.57. The number of aryl methyl sites for hydroxylation is 1. The molecule has 2 aromatic heterocycles. The molecule has 3 heterocycles. The van der Waals surface area contributed by atoms with Crippen molar-refractivity contribution >= 4 is 40.0 Å². The number of esters is 2. The van der Waals surface area contributed by atoms with Crippen molar-refractivity contribution < 1.29 is 23.9 Å². The van der Waals surface area contributed by atoms with Crippen LogP contribution in [0.2, 0.25) is 0 Å². The molecule has 0 radical (unpaired) electrons. The van der Waals surface area contributed by atoms with Gasteiger partial charge >= 0.3 is 11.9 Å². The second-order valence-corrected chi connectivity index (χ2v) is 7.80. The van der Waals surface area contributed by atoms with Crippen LogP contribution in [0.25, 0.3) is 0 Å². The molecule has 1 aliphatic rings. The van der Waals surface area contributed by atoms with Crippen molar-refractivity contribution in [3.05, 3.63) is 33.8 Å². The van der Waals surface area contributed by atoms with Crippen LogP contribution in [-0.4, -0.2) is 54.8 Å². The number of amides is 1. The third-order valence-electron chi connectivity index (χ3n) is 4.65.